The fourth-order valence-electron chi connectivity index (χ4n) is 2.88. The van der Waals surface area contributed by atoms with Gasteiger partial charge in [0.2, 0.25) is 0 Å². The highest BCUT2D eigenvalue weighted by atomic mass is 19.1. The van der Waals surface area contributed by atoms with Crippen molar-refractivity contribution in [1.82, 2.24) is 15.0 Å². The lowest BCUT2D eigenvalue weighted by atomic mass is 10.1. The van der Waals surface area contributed by atoms with Crippen LogP contribution in [0.1, 0.15) is 18.5 Å². The van der Waals surface area contributed by atoms with E-state index in [1.807, 2.05) is 13.0 Å². The Balaban J connectivity index is 1.67. The van der Waals surface area contributed by atoms with Crippen LogP contribution in [-0.2, 0) is 0 Å². The summed E-state index contributed by atoms with van der Waals surface area (Å²) in [7, 11) is 0. The summed E-state index contributed by atoms with van der Waals surface area (Å²) in [5, 5.41) is 4.18. The minimum atomic E-state index is -0.278. The van der Waals surface area contributed by atoms with Crippen LogP contribution in [0.15, 0.2) is 60.9 Å². The Hall–Kier alpha value is -3.28. The standard InChI is InChI=1S/C20H16F2N4/c1-12(13-2-6-15(21)7-3-13)25-19-17-10-18(26-20(17)24-11-23-19)14-4-8-16(22)9-5-14/h2-12H,1H3,(H2,23,24,25,26)/t12-/m1/s1. The van der Waals surface area contributed by atoms with Crippen molar-refractivity contribution in [1.29, 1.82) is 0 Å². The van der Waals surface area contributed by atoms with Crippen molar-refractivity contribution < 1.29 is 8.78 Å². The zero-order valence-electron chi connectivity index (χ0n) is 14.0. The van der Waals surface area contributed by atoms with Gasteiger partial charge >= 0.3 is 0 Å². The topological polar surface area (TPSA) is 53.6 Å². The zero-order chi connectivity index (χ0) is 18.1. The lowest BCUT2D eigenvalue weighted by Gasteiger charge is -2.15. The molecule has 0 amide bonds. The van der Waals surface area contributed by atoms with Crippen LogP contribution >= 0.6 is 0 Å². The molecular formula is C20H16F2N4. The molecule has 2 heterocycles. The first-order valence-corrected chi connectivity index (χ1v) is 8.22. The molecule has 6 heteroatoms. The van der Waals surface area contributed by atoms with Gasteiger partial charge in [0.1, 0.15) is 29.4 Å². The van der Waals surface area contributed by atoms with Gasteiger partial charge < -0.3 is 10.3 Å². The molecule has 0 bridgehead atoms. The van der Waals surface area contributed by atoms with Crippen LogP contribution in [0.3, 0.4) is 0 Å². The predicted molar refractivity (Wildman–Crippen MR) is 97.7 cm³/mol. The smallest absolute Gasteiger partial charge is 0.143 e. The number of aromatic amines is 1. The summed E-state index contributed by atoms with van der Waals surface area (Å²) in [6, 6.07) is 14.5. The van der Waals surface area contributed by atoms with Gasteiger partial charge in [-0.2, -0.15) is 0 Å². The number of fused-ring (bicyclic) bond motifs is 1. The van der Waals surface area contributed by atoms with Crippen molar-refractivity contribution in [3.8, 4) is 11.3 Å². The summed E-state index contributed by atoms with van der Waals surface area (Å²) in [6.07, 6.45) is 1.48. The minimum Gasteiger partial charge on any atom is -0.363 e. The second-order valence-electron chi connectivity index (χ2n) is 6.09. The fourth-order valence-corrected chi connectivity index (χ4v) is 2.88. The highest BCUT2D eigenvalue weighted by Gasteiger charge is 2.12. The maximum absolute atomic E-state index is 13.1. The second-order valence-corrected chi connectivity index (χ2v) is 6.09. The first-order valence-electron chi connectivity index (χ1n) is 8.22. The molecule has 130 valence electrons. The average Bonchev–Trinajstić information content (AvgIpc) is 3.08. The van der Waals surface area contributed by atoms with Gasteiger partial charge in [-0.25, -0.2) is 18.7 Å². The molecule has 0 saturated heterocycles. The van der Waals surface area contributed by atoms with E-state index in [9.17, 15) is 8.78 Å². The molecule has 0 unspecified atom stereocenters. The normalized spacial score (nSPS) is 12.3. The molecular weight excluding hydrogens is 334 g/mol. The summed E-state index contributed by atoms with van der Waals surface area (Å²) in [5.41, 5.74) is 3.33. The number of halogens is 2. The van der Waals surface area contributed by atoms with Gasteiger partial charge in [-0.1, -0.05) is 12.1 Å². The SMILES string of the molecule is C[C@@H](Nc1ncnc2[nH]c(-c3ccc(F)cc3)cc12)c1ccc(F)cc1. The Kier molecular flexibility index (Phi) is 4.08. The van der Waals surface area contributed by atoms with E-state index in [1.54, 1.807) is 24.3 Å². The van der Waals surface area contributed by atoms with Gasteiger partial charge in [-0.15, -0.1) is 0 Å². The third-order valence-electron chi connectivity index (χ3n) is 4.30. The van der Waals surface area contributed by atoms with E-state index in [-0.39, 0.29) is 17.7 Å². The van der Waals surface area contributed by atoms with Crippen LogP contribution in [-0.4, -0.2) is 15.0 Å². The third kappa shape index (κ3) is 3.13. The predicted octanol–water partition coefficient (Wildman–Crippen LogP) is 5.08. The highest BCUT2D eigenvalue weighted by molar-refractivity contribution is 5.91. The van der Waals surface area contributed by atoms with Gasteiger partial charge in [0, 0.05) is 11.7 Å². The molecule has 0 aliphatic rings. The van der Waals surface area contributed by atoms with Crippen molar-refractivity contribution in [2.75, 3.05) is 5.32 Å². The van der Waals surface area contributed by atoms with Crippen LogP contribution < -0.4 is 5.32 Å². The van der Waals surface area contributed by atoms with E-state index in [4.69, 9.17) is 0 Å². The quantitative estimate of drug-likeness (QED) is 0.540. The number of hydrogen-bond acceptors (Lipinski definition) is 3. The monoisotopic (exact) mass is 350 g/mol. The molecule has 26 heavy (non-hydrogen) atoms. The number of anilines is 1. The first kappa shape index (κ1) is 16.2. The highest BCUT2D eigenvalue weighted by Crippen LogP contribution is 2.29. The number of nitrogens with one attached hydrogen (secondary N) is 2. The van der Waals surface area contributed by atoms with Crippen molar-refractivity contribution in [3.05, 3.63) is 78.1 Å². The minimum absolute atomic E-state index is 0.0575. The molecule has 4 nitrogen and oxygen atoms in total. The number of H-pyrrole nitrogens is 1. The maximum Gasteiger partial charge on any atom is 0.143 e. The van der Waals surface area contributed by atoms with Crippen LogP contribution in [0.5, 0.6) is 0 Å². The molecule has 4 rings (SSSR count). The van der Waals surface area contributed by atoms with Crippen LogP contribution in [0.25, 0.3) is 22.3 Å². The van der Waals surface area contributed by atoms with E-state index < -0.39 is 0 Å². The van der Waals surface area contributed by atoms with E-state index >= 15 is 0 Å². The van der Waals surface area contributed by atoms with E-state index in [1.165, 1.54) is 30.6 Å². The van der Waals surface area contributed by atoms with Gasteiger partial charge in [0.05, 0.1) is 5.39 Å². The van der Waals surface area contributed by atoms with Crippen molar-refractivity contribution in [3.63, 3.8) is 0 Å². The van der Waals surface area contributed by atoms with E-state index in [0.717, 1.165) is 22.2 Å². The van der Waals surface area contributed by atoms with Gasteiger partial charge in [0.25, 0.3) is 0 Å². The summed E-state index contributed by atoms with van der Waals surface area (Å²) < 4.78 is 26.2. The van der Waals surface area contributed by atoms with E-state index in [0.29, 0.717) is 11.5 Å². The number of hydrogen-bond donors (Lipinski definition) is 2. The lowest BCUT2D eigenvalue weighted by molar-refractivity contribution is 0.626. The molecule has 2 aromatic carbocycles. The number of benzene rings is 2. The molecule has 0 saturated carbocycles. The molecule has 0 spiro atoms. The Morgan fingerprint density at radius 1 is 0.923 bits per heavy atom. The Morgan fingerprint density at radius 2 is 1.58 bits per heavy atom. The lowest BCUT2D eigenvalue weighted by Crippen LogP contribution is -2.08. The summed E-state index contributed by atoms with van der Waals surface area (Å²) in [5.74, 6) is 0.136. The Labute approximate surface area is 148 Å². The van der Waals surface area contributed by atoms with Crippen LogP contribution in [0, 0.1) is 11.6 Å². The number of rotatable bonds is 4. The number of nitrogens with zero attached hydrogens (tertiary/aromatic N) is 2. The van der Waals surface area contributed by atoms with Crippen LogP contribution in [0.2, 0.25) is 0 Å². The Bertz CT molecular complexity index is 1040. The van der Waals surface area contributed by atoms with Crippen molar-refractivity contribution >= 4 is 16.9 Å². The fraction of sp³-hybridized carbons (Fsp3) is 0.100. The Morgan fingerprint density at radius 3 is 2.27 bits per heavy atom. The van der Waals surface area contributed by atoms with E-state index in [2.05, 4.69) is 20.3 Å². The molecule has 0 radical (unpaired) electrons. The average molecular weight is 350 g/mol. The van der Waals surface area contributed by atoms with Gasteiger partial charge in [0.15, 0.2) is 0 Å². The summed E-state index contributed by atoms with van der Waals surface area (Å²) in [4.78, 5) is 11.8. The maximum atomic E-state index is 13.1. The molecule has 0 fully saturated rings. The zero-order valence-corrected chi connectivity index (χ0v) is 14.0. The summed E-state index contributed by atoms with van der Waals surface area (Å²) >= 11 is 0. The number of aromatic nitrogens is 3. The molecule has 2 aromatic heterocycles. The summed E-state index contributed by atoms with van der Waals surface area (Å²) in [6.45, 7) is 1.98. The van der Waals surface area contributed by atoms with Crippen LogP contribution in [0.4, 0.5) is 14.6 Å². The molecule has 0 aliphatic heterocycles. The second kappa shape index (κ2) is 6.55. The molecule has 0 aliphatic carbocycles. The van der Waals surface area contributed by atoms with Crippen molar-refractivity contribution in [2.24, 2.45) is 0 Å². The van der Waals surface area contributed by atoms with Gasteiger partial charge in [-0.05, 0) is 60.5 Å². The van der Waals surface area contributed by atoms with Crippen molar-refractivity contribution in [2.45, 2.75) is 13.0 Å². The third-order valence-corrected chi connectivity index (χ3v) is 4.30. The molecule has 1 atom stereocenters. The van der Waals surface area contributed by atoms with Gasteiger partial charge in [-0.3, -0.25) is 0 Å². The molecule has 2 N–H and O–H groups in total. The molecule has 4 aromatic rings. The first-order chi connectivity index (χ1) is 12.6. The largest absolute Gasteiger partial charge is 0.363 e.